The van der Waals surface area contributed by atoms with E-state index in [1.165, 1.54) is 6.07 Å². The zero-order valence-electron chi connectivity index (χ0n) is 14.3. The largest absolute Gasteiger partial charge is 0.354 e. The topological polar surface area (TPSA) is 61.4 Å². The lowest BCUT2D eigenvalue weighted by molar-refractivity contribution is -0.129. The average molecular weight is 343 g/mol. The molecule has 1 aliphatic heterocycles. The molecule has 1 aliphatic rings. The summed E-state index contributed by atoms with van der Waals surface area (Å²) in [5.74, 6) is 1.29. The number of anilines is 2. The van der Waals surface area contributed by atoms with E-state index in [0.29, 0.717) is 37.6 Å². The van der Waals surface area contributed by atoms with E-state index >= 15 is 0 Å². The molecule has 1 N–H and O–H groups in total. The average Bonchev–Trinajstić information content (AvgIpc) is 2.64. The summed E-state index contributed by atoms with van der Waals surface area (Å²) in [6, 6.07) is 8.63. The van der Waals surface area contributed by atoms with Crippen LogP contribution < -0.4 is 10.2 Å². The summed E-state index contributed by atoms with van der Waals surface area (Å²) in [5.41, 5.74) is 0.673. The van der Waals surface area contributed by atoms with Gasteiger partial charge in [-0.3, -0.25) is 4.79 Å². The molecule has 6 nitrogen and oxygen atoms in total. The first kappa shape index (κ1) is 17.1. The second-order valence-corrected chi connectivity index (χ2v) is 6.00. The van der Waals surface area contributed by atoms with Crippen molar-refractivity contribution in [2.24, 2.45) is 0 Å². The first-order valence-corrected chi connectivity index (χ1v) is 8.44. The Morgan fingerprint density at radius 1 is 1.20 bits per heavy atom. The maximum absolute atomic E-state index is 13.6. The van der Waals surface area contributed by atoms with Gasteiger partial charge in [-0.05, 0) is 24.1 Å². The molecular weight excluding hydrogens is 321 g/mol. The van der Waals surface area contributed by atoms with Crippen molar-refractivity contribution in [3.05, 3.63) is 47.9 Å². The number of amides is 1. The van der Waals surface area contributed by atoms with Crippen molar-refractivity contribution in [3.8, 4) is 0 Å². The fourth-order valence-corrected chi connectivity index (χ4v) is 2.87. The number of nitrogens with one attached hydrogen (secondary N) is 1. The third kappa shape index (κ3) is 4.43. The highest BCUT2D eigenvalue weighted by Gasteiger charge is 2.19. The van der Waals surface area contributed by atoms with Crippen LogP contribution in [0.2, 0.25) is 0 Å². The lowest BCUT2D eigenvalue weighted by Crippen LogP contribution is -2.48. The molecule has 1 fully saturated rings. The van der Waals surface area contributed by atoms with Crippen LogP contribution in [0, 0.1) is 5.82 Å². The number of halogens is 1. The fourth-order valence-electron chi connectivity index (χ4n) is 2.87. The van der Waals surface area contributed by atoms with Crippen LogP contribution in [0.5, 0.6) is 0 Å². The number of carbonyl (C=O) groups is 1. The van der Waals surface area contributed by atoms with Gasteiger partial charge in [-0.15, -0.1) is 0 Å². The van der Waals surface area contributed by atoms with E-state index in [0.717, 1.165) is 18.9 Å². The van der Waals surface area contributed by atoms with E-state index in [-0.39, 0.29) is 11.7 Å². The summed E-state index contributed by atoms with van der Waals surface area (Å²) >= 11 is 0. The van der Waals surface area contributed by atoms with Gasteiger partial charge >= 0.3 is 0 Å². The molecule has 1 saturated heterocycles. The number of rotatable bonds is 5. The summed E-state index contributed by atoms with van der Waals surface area (Å²) < 4.78 is 13.6. The van der Waals surface area contributed by atoms with Crippen LogP contribution in [0.15, 0.2) is 36.5 Å². The number of nitrogens with zero attached hydrogens (tertiary/aromatic N) is 4. The number of hydrogen-bond acceptors (Lipinski definition) is 5. The third-order valence-electron chi connectivity index (χ3n) is 4.33. The monoisotopic (exact) mass is 343 g/mol. The lowest BCUT2D eigenvalue weighted by atomic mass is 10.1. The Morgan fingerprint density at radius 3 is 2.68 bits per heavy atom. The molecule has 1 aromatic carbocycles. The molecule has 2 aromatic rings. The van der Waals surface area contributed by atoms with E-state index in [9.17, 15) is 9.18 Å². The zero-order chi connectivity index (χ0) is 17.6. The van der Waals surface area contributed by atoms with Gasteiger partial charge in [0.2, 0.25) is 11.9 Å². The van der Waals surface area contributed by atoms with Gasteiger partial charge in [-0.2, -0.15) is 4.98 Å². The van der Waals surface area contributed by atoms with E-state index in [1.807, 2.05) is 17.0 Å². The molecule has 0 saturated carbocycles. The minimum atomic E-state index is -0.192. The van der Waals surface area contributed by atoms with Crippen LogP contribution >= 0.6 is 0 Å². The van der Waals surface area contributed by atoms with Crippen LogP contribution in [0.4, 0.5) is 16.2 Å². The van der Waals surface area contributed by atoms with Gasteiger partial charge in [0.15, 0.2) is 0 Å². The van der Waals surface area contributed by atoms with Crippen LogP contribution in [-0.4, -0.2) is 53.5 Å². The molecule has 25 heavy (non-hydrogen) atoms. The number of carbonyl (C=O) groups excluding carboxylic acids is 1. The summed E-state index contributed by atoms with van der Waals surface area (Å²) in [7, 11) is 0. The van der Waals surface area contributed by atoms with Crippen LogP contribution in [-0.2, 0) is 11.2 Å². The Kier molecular flexibility index (Phi) is 5.42. The third-order valence-corrected chi connectivity index (χ3v) is 4.33. The van der Waals surface area contributed by atoms with Gasteiger partial charge in [-0.25, -0.2) is 9.37 Å². The smallest absolute Gasteiger partial charge is 0.224 e. The summed E-state index contributed by atoms with van der Waals surface area (Å²) in [6.07, 6.45) is 2.28. The van der Waals surface area contributed by atoms with Crippen molar-refractivity contribution in [2.45, 2.75) is 13.3 Å². The maximum atomic E-state index is 13.6. The Bertz CT molecular complexity index is 731. The number of benzene rings is 1. The highest BCUT2D eigenvalue weighted by atomic mass is 19.1. The van der Waals surface area contributed by atoms with Crippen molar-refractivity contribution in [1.82, 2.24) is 14.9 Å². The second-order valence-electron chi connectivity index (χ2n) is 6.00. The quantitative estimate of drug-likeness (QED) is 0.899. The zero-order valence-corrected chi connectivity index (χ0v) is 14.3. The molecule has 0 spiro atoms. The molecule has 7 heteroatoms. The molecule has 0 radical (unpaired) electrons. The van der Waals surface area contributed by atoms with Crippen molar-refractivity contribution >= 4 is 17.7 Å². The first-order valence-electron chi connectivity index (χ1n) is 8.44. The summed E-state index contributed by atoms with van der Waals surface area (Å²) in [4.78, 5) is 24.1. The van der Waals surface area contributed by atoms with Gasteiger partial charge < -0.3 is 15.1 Å². The Morgan fingerprint density at radius 2 is 1.96 bits per heavy atom. The van der Waals surface area contributed by atoms with Crippen molar-refractivity contribution in [2.75, 3.05) is 42.9 Å². The molecular formula is C18H22FN5O. The van der Waals surface area contributed by atoms with Crippen molar-refractivity contribution in [3.63, 3.8) is 0 Å². The number of piperazine rings is 1. The summed E-state index contributed by atoms with van der Waals surface area (Å²) in [5, 5.41) is 3.15. The van der Waals surface area contributed by atoms with Crippen molar-refractivity contribution in [1.29, 1.82) is 0 Å². The van der Waals surface area contributed by atoms with Gasteiger partial charge in [0.25, 0.3) is 0 Å². The predicted octanol–water partition coefficient (Wildman–Crippen LogP) is 1.94. The van der Waals surface area contributed by atoms with Crippen LogP contribution in [0.1, 0.15) is 12.5 Å². The molecule has 132 valence electrons. The normalized spacial score (nSPS) is 14.5. The van der Waals surface area contributed by atoms with E-state index < -0.39 is 0 Å². The molecule has 0 bridgehead atoms. The van der Waals surface area contributed by atoms with Gasteiger partial charge in [0, 0.05) is 45.8 Å². The van der Waals surface area contributed by atoms with Crippen LogP contribution in [0.25, 0.3) is 0 Å². The molecule has 2 heterocycles. The van der Waals surface area contributed by atoms with Gasteiger partial charge in [0.1, 0.15) is 11.6 Å². The molecule has 0 atom stereocenters. The molecule has 0 unspecified atom stereocenters. The molecule has 1 aromatic heterocycles. The molecule has 3 rings (SSSR count). The van der Waals surface area contributed by atoms with Gasteiger partial charge in [-0.1, -0.05) is 18.2 Å². The molecule has 1 amide bonds. The van der Waals surface area contributed by atoms with E-state index in [1.54, 1.807) is 25.3 Å². The Balaban J connectivity index is 1.55. The Hall–Kier alpha value is -2.70. The summed E-state index contributed by atoms with van der Waals surface area (Å²) in [6.45, 7) is 5.07. The minimum absolute atomic E-state index is 0.109. The first-order chi connectivity index (χ1) is 12.1. The maximum Gasteiger partial charge on any atom is 0.224 e. The predicted molar refractivity (Wildman–Crippen MR) is 95.1 cm³/mol. The highest BCUT2D eigenvalue weighted by Crippen LogP contribution is 2.15. The van der Waals surface area contributed by atoms with Gasteiger partial charge in [0.05, 0.1) is 0 Å². The lowest BCUT2D eigenvalue weighted by Gasteiger charge is -2.34. The molecule has 0 aliphatic carbocycles. The van der Waals surface area contributed by atoms with Crippen molar-refractivity contribution < 1.29 is 9.18 Å². The van der Waals surface area contributed by atoms with Crippen LogP contribution in [0.3, 0.4) is 0 Å². The Labute approximate surface area is 146 Å². The van der Waals surface area contributed by atoms with E-state index in [2.05, 4.69) is 20.2 Å². The minimum Gasteiger partial charge on any atom is -0.354 e. The second kappa shape index (κ2) is 7.92. The fraction of sp³-hybridized carbons (Fsp3) is 0.389. The standard InChI is InChI=1S/C18H22FN5O/c1-14(25)23-10-12-24(13-11-23)17-7-9-21-18(22-17)20-8-6-15-4-2-3-5-16(15)19/h2-5,7,9H,6,8,10-13H2,1H3,(H,20,21,22). The van der Waals surface area contributed by atoms with E-state index in [4.69, 9.17) is 0 Å². The highest BCUT2D eigenvalue weighted by molar-refractivity contribution is 5.73. The number of hydrogen-bond donors (Lipinski definition) is 1. The number of aromatic nitrogens is 2. The SMILES string of the molecule is CC(=O)N1CCN(c2ccnc(NCCc3ccccc3F)n2)CC1.